The monoisotopic (exact) mass is 412 g/mol. The molecule has 0 fully saturated rings. The van der Waals surface area contributed by atoms with Crippen molar-refractivity contribution in [1.82, 2.24) is 0 Å². The summed E-state index contributed by atoms with van der Waals surface area (Å²) < 4.78 is 0.957. The molecule has 1 heterocycles. The van der Waals surface area contributed by atoms with Gasteiger partial charge in [-0.15, -0.1) is 0 Å². The predicted molar refractivity (Wildman–Crippen MR) is 108 cm³/mol. The van der Waals surface area contributed by atoms with Crippen molar-refractivity contribution in [3.05, 3.63) is 64.1 Å². The molecule has 4 nitrogen and oxygen atoms in total. The van der Waals surface area contributed by atoms with Crippen LogP contribution in [-0.2, 0) is 4.79 Å². The zero-order valence-corrected chi connectivity index (χ0v) is 16.1. The van der Waals surface area contributed by atoms with Crippen molar-refractivity contribution in [3.8, 4) is 5.75 Å². The second-order valence-electron chi connectivity index (χ2n) is 6.88. The van der Waals surface area contributed by atoms with Crippen LogP contribution < -0.4 is 10.6 Å². The third-order valence-electron chi connectivity index (χ3n) is 5.29. The van der Waals surface area contributed by atoms with Crippen LogP contribution in [0.25, 0.3) is 0 Å². The highest BCUT2D eigenvalue weighted by Crippen LogP contribution is 2.51. The van der Waals surface area contributed by atoms with Crippen LogP contribution in [0, 0.1) is 5.92 Å². The standard InChI is InChI=1S/C21H21BrN2O2/c1-2-20(26)23-13-7-8-18-16(11-13)14-4-3-5-15(14)21(24-18)17-10-12(22)6-9-19(17)25/h3-4,6-11,14-15,21,24-25H,2,5H2,1H3,(H,23,26). The lowest BCUT2D eigenvalue weighted by atomic mass is 9.76. The maximum Gasteiger partial charge on any atom is 0.224 e. The van der Waals surface area contributed by atoms with Crippen LogP contribution in [0.2, 0.25) is 0 Å². The average molecular weight is 413 g/mol. The van der Waals surface area contributed by atoms with Crippen LogP contribution in [-0.4, -0.2) is 11.0 Å². The fraction of sp³-hybridized carbons (Fsp3) is 0.286. The molecule has 0 spiro atoms. The normalized spacial score (nSPS) is 23.1. The molecule has 1 aliphatic carbocycles. The molecule has 5 heteroatoms. The summed E-state index contributed by atoms with van der Waals surface area (Å²) in [6, 6.07) is 11.6. The molecule has 4 rings (SSSR count). The van der Waals surface area contributed by atoms with Gasteiger partial charge >= 0.3 is 0 Å². The minimum absolute atomic E-state index is 0.0177. The number of allylic oxidation sites excluding steroid dienone is 2. The lowest BCUT2D eigenvalue weighted by molar-refractivity contribution is -0.115. The summed E-state index contributed by atoms with van der Waals surface area (Å²) in [5.41, 5.74) is 3.99. The first-order chi connectivity index (χ1) is 12.6. The Balaban J connectivity index is 1.72. The lowest BCUT2D eigenvalue weighted by Gasteiger charge is -2.38. The van der Waals surface area contributed by atoms with Crippen molar-refractivity contribution < 1.29 is 9.90 Å². The van der Waals surface area contributed by atoms with Crippen LogP contribution in [0.5, 0.6) is 5.75 Å². The second-order valence-corrected chi connectivity index (χ2v) is 7.80. The molecule has 1 amide bonds. The first kappa shape index (κ1) is 17.2. The van der Waals surface area contributed by atoms with Crippen molar-refractivity contribution >= 4 is 33.2 Å². The minimum Gasteiger partial charge on any atom is -0.508 e. The second kappa shape index (κ2) is 6.80. The first-order valence-corrected chi connectivity index (χ1v) is 9.71. The number of hydrogen-bond donors (Lipinski definition) is 3. The zero-order valence-electron chi connectivity index (χ0n) is 14.5. The molecule has 3 atom stereocenters. The number of amides is 1. The third-order valence-corrected chi connectivity index (χ3v) is 5.79. The number of aromatic hydroxyl groups is 1. The van der Waals surface area contributed by atoms with E-state index in [0.29, 0.717) is 18.1 Å². The molecule has 0 radical (unpaired) electrons. The molecule has 3 N–H and O–H groups in total. The highest BCUT2D eigenvalue weighted by atomic mass is 79.9. The fourth-order valence-corrected chi connectivity index (χ4v) is 4.38. The Morgan fingerprint density at radius 2 is 2.12 bits per heavy atom. The number of hydrogen-bond acceptors (Lipinski definition) is 3. The molecule has 0 aromatic heterocycles. The van der Waals surface area contributed by atoms with E-state index in [9.17, 15) is 9.90 Å². The summed E-state index contributed by atoms with van der Waals surface area (Å²) in [5, 5.41) is 17.0. The zero-order chi connectivity index (χ0) is 18.3. The fourth-order valence-electron chi connectivity index (χ4n) is 4.00. The number of phenolic OH excluding ortho intramolecular Hbond substituents is 1. The number of carbonyl (C=O) groups excluding carboxylic acids is 1. The number of nitrogens with one attached hydrogen (secondary N) is 2. The number of phenols is 1. The van der Waals surface area contributed by atoms with Gasteiger partial charge in [0.15, 0.2) is 0 Å². The van der Waals surface area contributed by atoms with E-state index in [1.165, 1.54) is 5.56 Å². The topological polar surface area (TPSA) is 61.4 Å². The Morgan fingerprint density at radius 3 is 2.92 bits per heavy atom. The summed E-state index contributed by atoms with van der Waals surface area (Å²) in [6.07, 6.45) is 5.88. The van der Waals surface area contributed by atoms with Gasteiger partial charge in [-0.1, -0.05) is 35.0 Å². The molecule has 1 aliphatic heterocycles. The van der Waals surface area contributed by atoms with E-state index in [0.717, 1.165) is 27.8 Å². The van der Waals surface area contributed by atoms with Crippen molar-refractivity contribution in [2.75, 3.05) is 10.6 Å². The number of benzene rings is 2. The molecule has 26 heavy (non-hydrogen) atoms. The first-order valence-electron chi connectivity index (χ1n) is 8.92. The van der Waals surface area contributed by atoms with Gasteiger partial charge in [0, 0.05) is 33.7 Å². The van der Waals surface area contributed by atoms with Gasteiger partial charge in [0.1, 0.15) is 5.75 Å². The van der Waals surface area contributed by atoms with Crippen LogP contribution >= 0.6 is 15.9 Å². The van der Waals surface area contributed by atoms with Gasteiger partial charge in [-0.05, 0) is 54.3 Å². The van der Waals surface area contributed by atoms with Gasteiger partial charge in [0.2, 0.25) is 5.91 Å². The summed E-state index contributed by atoms with van der Waals surface area (Å²) in [4.78, 5) is 11.7. The molecule has 2 aliphatic rings. The maximum absolute atomic E-state index is 11.7. The lowest BCUT2D eigenvalue weighted by Crippen LogP contribution is -2.29. The Morgan fingerprint density at radius 1 is 1.27 bits per heavy atom. The molecule has 2 aromatic rings. The quantitative estimate of drug-likeness (QED) is 0.596. The largest absolute Gasteiger partial charge is 0.508 e. The van der Waals surface area contributed by atoms with Crippen LogP contribution in [0.15, 0.2) is 53.0 Å². The van der Waals surface area contributed by atoms with E-state index in [4.69, 9.17) is 0 Å². The molecule has 3 unspecified atom stereocenters. The van der Waals surface area contributed by atoms with E-state index in [1.807, 2.05) is 31.2 Å². The van der Waals surface area contributed by atoms with E-state index in [-0.39, 0.29) is 17.9 Å². The molecule has 0 saturated heterocycles. The maximum atomic E-state index is 11.7. The van der Waals surface area contributed by atoms with Gasteiger partial charge < -0.3 is 15.7 Å². The van der Waals surface area contributed by atoms with Crippen LogP contribution in [0.1, 0.15) is 42.9 Å². The van der Waals surface area contributed by atoms with E-state index >= 15 is 0 Å². The van der Waals surface area contributed by atoms with E-state index < -0.39 is 0 Å². The highest BCUT2D eigenvalue weighted by molar-refractivity contribution is 9.10. The number of rotatable bonds is 3. The summed E-state index contributed by atoms with van der Waals surface area (Å²) in [7, 11) is 0. The highest BCUT2D eigenvalue weighted by Gasteiger charge is 2.39. The molecule has 0 bridgehead atoms. The Kier molecular flexibility index (Phi) is 4.49. The molecule has 2 aromatic carbocycles. The van der Waals surface area contributed by atoms with Gasteiger partial charge in [0.05, 0.1) is 6.04 Å². The summed E-state index contributed by atoms with van der Waals surface area (Å²) in [6.45, 7) is 1.85. The van der Waals surface area contributed by atoms with Crippen molar-refractivity contribution in [1.29, 1.82) is 0 Å². The van der Waals surface area contributed by atoms with Crippen LogP contribution in [0.4, 0.5) is 11.4 Å². The molecular weight excluding hydrogens is 392 g/mol. The predicted octanol–water partition coefficient (Wildman–Crippen LogP) is 5.33. The van der Waals surface area contributed by atoms with Gasteiger partial charge in [-0.3, -0.25) is 4.79 Å². The Labute approximate surface area is 161 Å². The SMILES string of the molecule is CCC(=O)Nc1ccc2c(c1)C1C=CCC1C(c1cc(Br)ccc1O)N2. The van der Waals surface area contributed by atoms with Gasteiger partial charge in [-0.2, -0.15) is 0 Å². The Bertz CT molecular complexity index is 894. The van der Waals surface area contributed by atoms with E-state index in [1.54, 1.807) is 6.07 Å². The number of carbonyl (C=O) groups is 1. The third kappa shape index (κ3) is 3.01. The molecular formula is C21H21BrN2O2. The van der Waals surface area contributed by atoms with Crippen molar-refractivity contribution in [2.45, 2.75) is 31.7 Å². The number of halogens is 1. The van der Waals surface area contributed by atoms with E-state index in [2.05, 4.69) is 44.8 Å². The molecule has 0 saturated carbocycles. The van der Waals surface area contributed by atoms with Gasteiger partial charge in [-0.25, -0.2) is 0 Å². The minimum atomic E-state index is 0.0177. The van der Waals surface area contributed by atoms with Crippen molar-refractivity contribution in [3.63, 3.8) is 0 Å². The average Bonchev–Trinajstić information content (AvgIpc) is 3.13. The van der Waals surface area contributed by atoms with Crippen LogP contribution in [0.3, 0.4) is 0 Å². The van der Waals surface area contributed by atoms with Crippen molar-refractivity contribution in [2.24, 2.45) is 5.92 Å². The molecule has 134 valence electrons. The number of fused-ring (bicyclic) bond motifs is 3. The summed E-state index contributed by atoms with van der Waals surface area (Å²) >= 11 is 3.51. The summed E-state index contributed by atoms with van der Waals surface area (Å²) in [5.74, 6) is 0.934. The number of anilines is 2. The smallest absolute Gasteiger partial charge is 0.224 e. The van der Waals surface area contributed by atoms with Gasteiger partial charge in [0.25, 0.3) is 0 Å². The Hall–Kier alpha value is -2.27.